The zero-order valence-electron chi connectivity index (χ0n) is 8.44. The highest BCUT2D eigenvalue weighted by Gasteiger charge is 2.28. The van der Waals surface area contributed by atoms with Gasteiger partial charge in [0.1, 0.15) is 0 Å². The summed E-state index contributed by atoms with van der Waals surface area (Å²) < 4.78 is 5.88. The van der Waals surface area contributed by atoms with Gasteiger partial charge in [-0.15, -0.1) is 0 Å². The van der Waals surface area contributed by atoms with Crippen LogP contribution in [0.15, 0.2) is 12.2 Å². The van der Waals surface area contributed by atoms with Crippen LogP contribution in [0.1, 0.15) is 46.5 Å². The van der Waals surface area contributed by atoms with E-state index in [1.165, 1.54) is 25.7 Å². The van der Waals surface area contributed by atoms with Crippen LogP contribution in [0.4, 0.5) is 0 Å². The normalized spacial score (nSPS) is 20.9. The van der Waals surface area contributed by atoms with Gasteiger partial charge in [0.15, 0.2) is 0 Å². The van der Waals surface area contributed by atoms with E-state index < -0.39 is 0 Å². The molecule has 0 aromatic rings. The van der Waals surface area contributed by atoms with Crippen LogP contribution in [0, 0.1) is 6.10 Å². The van der Waals surface area contributed by atoms with Gasteiger partial charge in [-0.1, -0.05) is 32.8 Å². The van der Waals surface area contributed by atoms with E-state index in [2.05, 4.69) is 13.5 Å². The molecule has 0 saturated heterocycles. The van der Waals surface area contributed by atoms with Gasteiger partial charge >= 0.3 is 0 Å². The third-order valence-corrected chi connectivity index (χ3v) is 2.66. The third kappa shape index (κ3) is 2.28. The highest BCUT2D eigenvalue weighted by Crippen LogP contribution is 2.36. The minimum Gasteiger partial charge on any atom is -0.434 e. The van der Waals surface area contributed by atoms with Crippen molar-refractivity contribution in [3.63, 3.8) is 0 Å². The molecule has 0 N–H and O–H groups in total. The molecule has 0 amide bonds. The fraction of sp³-hybridized carbons (Fsp3) is 0.727. The Morgan fingerprint density at radius 2 is 1.92 bits per heavy atom. The molecule has 1 fully saturated rings. The first-order valence-corrected chi connectivity index (χ1v) is 4.72. The van der Waals surface area contributed by atoms with Gasteiger partial charge in [0.25, 0.3) is 0 Å². The number of ether oxygens (including phenoxy) is 1. The van der Waals surface area contributed by atoms with Crippen molar-refractivity contribution in [2.75, 3.05) is 0 Å². The molecule has 0 heterocycles. The number of hydrogen-bond donors (Lipinski definition) is 0. The van der Waals surface area contributed by atoms with Crippen molar-refractivity contribution in [1.29, 1.82) is 0 Å². The lowest BCUT2D eigenvalue weighted by Gasteiger charge is -2.35. The topological polar surface area (TPSA) is 9.23 Å². The molecule has 1 saturated carbocycles. The molecule has 1 rings (SSSR count). The molecule has 1 heteroatoms. The van der Waals surface area contributed by atoms with Crippen LogP contribution in [0.3, 0.4) is 0 Å². The van der Waals surface area contributed by atoms with Gasteiger partial charge in [0.2, 0.25) is 0 Å². The average Bonchev–Trinajstić information content (AvgIpc) is 2.35. The average molecular weight is 167 g/mol. The molecule has 70 valence electrons. The van der Waals surface area contributed by atoms with E-state index in [-0.39, 0.29) is 5.60 Å². The van der Waals surface area contributed by atoms with Crippen molar-refractivity contribution in [2.24, 2.45) is 0 Å². The molecule has 1 nitrogen and oxygen atoms in total. The van der Waals surface area contributed by atoms with Crippen LogP contribution < -0.4 is 0 Å². The maximum Gasteiger partial charge on any atom is 0.0500 e. The SMILES string of the molecule is C=C(C)[C-](C)OC1(C)CCCC1. The van der Waals surface area contributed by atoms with Crippen molar-refractivity contribution in [2.45, 2.75) is 52.1 Å². The summed E-state index contributed by atoms with van der Waals surface area (Å²) in [4.78, 5) is 0. The summed E-state index contributed by atoms with van der Waals surface area (Å²) in [5, 5.41) is 0. The maximum atomic E-state index is 5.88. The quantitative estimate of drug-likeness (QED) is 0.585. The zero-order chi connectivity index (χ0) is 9.19. The lowest BCUT2D eigenvalue weighted by Crippen LogP contribution is -2.26. The number of rotatable bonds is 3. The summed E-state index contributed by atoms with van der Waals surface area (Å²) >= 11 is 0. The Balaban J connectivity index is 2.43. The van der Waals surface area contributed by atoms with Gasteiger partial charge in [-0.05, 0) is 19.8 Å². The molecule has 1 aliphatic carbocycles. The molecule has 0 aromatic carbocycles. The van der Waals surface area contributed by atoms with Crippen LogP contribution in [0.5, 0.6) is 0 Å². The minimum atomic E-state index is 0.100. The van der Waals surface area contributed by atoms with Crippen LogP contribution >= 0.6 is 0 Å². The van der Waals surface area contributed by atoms with E-state index in [1.54, 1.807) is 0 Å². The number of hydrogen-bond acceptors (Lipinski definition) is 1. The van der Waals surface area contributed by atoms with Crippen molar-refractivity contribution < 1.29 is 4.74 Å². The van der Waals surface area contributed by atoms with E-state index >= 15 is 0 Å². The van der Waals surface area contributed by atoms with Crippen LogP contribution in [-0.2, 0) is 4.74 Å². The molecule has 1 aliphatic rings. The van der Waals surface area contributed by atoms with Gasteiger partial charge in [-0.3, -0.25) is 0 Å². The summed E-state index contributed by atoms with van der Waals surface area (Å²) in [7, 11) is 0. The summed E-state index contributed by atoms with van der Waals surface area (Å²) in [6, 6.07) is 0. The monoisotopic (exact) mass is 167 g/mol. The van der Waals surface area contributed by atoms with Crippen LogP contribution in [0.25, 0.3) is 0 Å². The van der Waals surface area contributed by atoms with Gasteiger partial charge in [0, 0.05) is 0 Å². The highest BCUT2D eigenvalue weighted by molar-refractivity contribution is 5.10. The van der Waals surface area contributed by atoms with E-state index in [0.717, 1.165) is 11.7 Å². The molecular weight excluding hydrogens is 148 g/mol. The highest BCUT2D eigenvalue weighted by atomic mass is 16.5. The molecule has 0 unspecified atom stereocenters. The summed E-state index contributed by atoms with van der Waals surface area (Å²) in [6.07, 6.45) is 5.99. The van der Waals surface area contributed by atoms with E-state index in [0.29, 0.717) is 0 Å². The standard InChI is InChI=1S/C11H19O/c1-9(2)10(3)12-11(4)7-5-6-8-11/h1,5-8H2,2-4H3/q-1. The predicted molar refractivity (Wildman–Crippen MR) is 51.7 cm³/mol. The first-order valence-electron chi connectivity index (χ1n) is 4.72. The molecule has 0 aromatic heterocycles. The predicted octanol–water partition coefficient (Wildman–Crippen LogP) is 3.46. The van der Waals surface area contributed by atoms with Crippen molar-refractivity contribution in [3.8, 4) is 0 Å². The van der Waals surface area contributed by atoms with Gasteiger partial charge in [-0.2, -0.15) is 5.57 Å². The van der Waals surface area contributed by atoms with Crippen molar-refractivity contribution in [1.82, 2.24) is 0 Å². The second-order valence-electron chi connectivity index (χ2n) is 4.10. The van der Waals surface area contributed by atoms with E-state index in [1.807, 2.05) is 13.8 Å². The Morgan fingerprint density at radius 3 is 2.33 bits per heavy atom. The van der Waals surface area contributed by atoms with Crippen LogP contribution in [-0.4, -0.2) is 5.60 Å². The molecule has 0 aliphatic heterocycles. The smallest absolute Gasteiger partial charge is 0.0500 e. The van der Waals surface area contributed by atoms with Crippen LogP contribution in [0.2, 0.25) is 0 Å². The second kappa shape index (κ2) is 3.53. The summed E-state index contributed by atoms with van der Waals surface area (Å²) in [6.45, 7) is 10.1. The first kappa shape index (κ1) is 9.66. The Labute approximate surface area is 75.8 Å². The largest absolute Gasteiger partial charge is 0.434 e. The Bertz CT molecular complexity index is 166. The molecule has 0 atom stereocenters. The van der Waals surface area contributed by atoms with Gasteiger partial charge < -0.3 is 4.74 Å². The fourth-order valence-electron chi connectivity index (χ4n) is 1.68. The fourth-order valence-corrected chi connectivity index (χ4v) is 1.68. The first-order chi connectivity index (χ1) is 5.53. The summed E-state index contributed by atoms with van der Waals surface area (Å²) in [5.74, 6) is 0. The van der Waals surface area contributed by atoms with E-state index in [9.17, 15) is 0 Å². The van der Waals surface area contributed by atoms with Gasteiger partial charge in [-0.25, -0.2) is 6.58 Å². The van der Waals surface area contributed by atoms with Crippen molar-refractivity contribution >= 4 is 0 Å². The molecule has 12 heavy (non-hydrogen) atoms. The molecular formula is C11H19O-. The summed E-state index contributed by atoms with van der Waals surface area (Å²) in [5.41, 5.74) is 1.14. The molecule has 0 spiro atoms. The maximum absolute atomic E-state index is 5.88. The molecule has 0 radical (unpaired) electrons. The van der Waals surface area contributed by atoms with E-state index in [4.69, 9.17) is 4.74 Å². The molecule has 0 bridgehead atoms. The lowest BCUT2D eigenvalue weighted by atomic mass is 10.0. The third-order valence-electron chi connectivity index (χ3n) is 2.66. The Kier molecular flexibility index (Phi) is 2.84. The Hall–Kier alpha value is -0.430. The minimum absolute atomic E-state index is 0.100. The van der Waals surface area contributed by atoms with Crippen molar-refractivity contribution in [3.05, 3.63) is 18.3 Å². The second-order valence-corrected chi connectivity index (χ2v) is 4.10. The zero-order valence-corrected chi connectivity index (χ0v) is 8.44. The lowest BCUT2D eigenvalue weighted by molar-refractivity contribution is -0.00549. The Morgan fingerprint density at radius 1 is 1.42 bits per heavy atom. The van der Waals surface area contributed by atoms with Gasteiger partial charge in [0.05, 0.1) is 5.60 Å².